The van der Waals surface area contributed by atoms with Crippen LogP contribution in [-0.4, -0.2) is 16.1 Å². The third kappa shape index (κ3) is 3.89. The number of nitrogens with one attached hydrogen (secondary N) is 1. The monoisotopic (exact) mass is 391 g/mol. The Bertz CT molecular complexity index is 1110. The molecule has 144 valence electrons. The molecule has 0 fully saturated rings. The average Bonchev–Trinajstić information content (AvgIpc) is 3.23. The highest BCUT2D eigenvalue weighted by Gasteiger charge is 2.26. The summed E-state index contributed by atoms with van der Waals surface area (Å²) in [5, 5.41) is 10.7. The Labute approximate surface area is 165 Å². The molecule has 0 saturated heterocycles. The van der Waals surface area contributed by atoms with E-state index >= 15 is 0 Å². The number of hydrogen-bond donors (Lipinski definition) is 1. The van der Waals surface area contributed by atoms with Gasteiger partial charge in [-0.05, 0) is 29.8 Å². The van der Waals surface area contributed by atoms with Gasteiger partial charge in [-0.3, -0.25) is 4.79 Å². The Hall–Kier alpha value is -3.87. The molecule has 4 rings (SSSR count). The molecule has 4 aromatic rings. The van der Waals surface area contributed by atoms with Crippen LogP contribution in [0, 0.1) is 11.6 Å². The van der Waals surface area contributed by atoms with Crippen LogP contribution in [0.4, 0.5) is 8.78 Å². The minimum atomic E-state index is -0.954. The summed E-state index contributed by atoms with van der Waals surface area (Å²) in [6.45, 7) is 0. The van der Waals surface area contributed by atoms with Crippen LogP contribution in [0.2, 0.25) is 0 Å². The molecule has 0 saturated carbocycles. The van der Waals surface area contributed by atoms with Gasteiger partial charge >= 0.3 is 0 Å². The summed E-state index contributed by atoms with van der Waals surface area (Å²) in [5.41, 5.74) is 0.668. The van der Waals surface area contributed by atoms with Crippen LogP contribution >= 0.6 is 0 Å². The number of rotatable bonds is 5. The zero-order valence-corrected chi connectivity index (χ0v) is 15.0. The van der Waals surface area contributed by atoms with Gasteiger partial charge in [0, 0.05) is 5.56 Å². The highest BCUT2D eigenvalue weighted by atomic mass is 19.1. The molecule has 1 heterocycles. The second-order valence-corrected chi connectivity index (χ2v) is 6.23. The van der Waals surface area contributed by atoms with E-state index in [-0.39, 0.29) is 11.8 Å². The van der Waals surface area contributed by atoms with Crippen molar-refractivity contribution >= 4 is 5.91 Å². The van der Waals surface area contributed by atoms with Crippen molar-refractivity contribution in [1.82, 2.24) is 15.5 Å². The first-order chi connectivity index (χ1) is 14.1. The maximum absolute atomic E-state index is 14.0. The van der Waals surface area contributed by atoms with Crippen molar-refractivity contribution in [2.75, 3.05) is 0 Å². The van der Waals surface area contributed by atoms with Gasteiger partial charge in [-0.25, -0.2) is 8.78 Å². The van der Waals surface area contributed by atoms with Gasteiger partial charge in [0.15, 0.2) is 0 Å². The Morgan fingerprint density at radius 1 is 0.828 bits per heavy atom. The Morgan fingerprint density at radius 3 is 2.10 bits per heavy atom. The highest BCUT2D eigenvalue weighted by Crippen LogP contribution is 2.26. The second kappa shape index (κ2) is 8.02. The molecule has 3 aromatic carbocycles. The van der Waals surface area contributed by atoms with E-state index in [1.54, 1.807) is 24.3 Å². The number of carbonyl (C=O) groups excluding carboxylic acids is 1. The zero-order valence-electron chi connectivity index (χ0n) is 15.0. The average molecular weight is 391 g/mol. The number of nitrogens with zero attached hydrogens (tertiary/aromatic N) is 2. The number of carbonyl (C=O) groups is 1. The Kier molecular flexibility index (Phi) is 5.11. The summed E-state index contributed by atoms with van der Waals surface area (Å²) < 4.78 is 33.8. The molecule has 0 spiro atoms. The van der Waals surface area contributed by atoms with Gasteiger partial charge in [-0.2, -0.15) is 0 Å². The Morgan fingerprint density at radius 2 is 1.45 bits per heavy atom. The summed E-state index contributed by atoms with van der Waals surface area (Å²) >= 11 is 0. The normalized spacial score (nSPS) is 11.8. The first-order valence-electron chi connectivity index (χ1n) is 8.82. The molecule has 29 heavy (non-hydrogen) atoms. The molecule has 1 aromatic heterocycles. The smallest absolute Gasteiger partial charge is 0.258 e. The number of hydrogen-bond acceptors (Lipinski definition) is 4. The van der Waals surface area contributed by atoms with Gasteiger partial charge in [0.05, 0.1) is 0 Å². The van der Waals surface area contributed by atoms with E-state index in [0.717, 1.165) is 12.1 Å². The lowest BCUT2D eigenvalue weighted by molar-refractivity contribution is 0.0929. The lowest BCUT2D eigenvalue weighted by Gasteiger charge is -2.16. The molecule has 1 unspecified atom stereocenters. The van der Waals surface area contributed by atoms with Crippen molar-refractivity contribution in [3.63, 3.8) is 0 Å². The fourth-order valence-electron chi connectivity index (χ4n) is 2.90. The van der Waals surface area contributed by atoms with Gasteiger partial charge in [0.25, 0.3) is 5.91 Å². The highest BCUT2D eigenvalue weighted by molar-refractivity contribution is 5.95. The fraction of sp³-hybridized carbons (Fsp3) is 0.0455. The van der Waals surface area contributed by atoms with Gasteiger partial charge in [-0.15, -0.1) is 10.2 Å². The number of halogens is 2. The molecular weight excluding hydrogens is 376 g/mol. The SMILES string of the molecule is O=C(NC(c1ccccc1)c1nnc(-c2ccccc2)o1)c1c(F)cccc1F. The zero-order chi connectivity index (χ0) is 20.2. The molecule has 0 bridgehead atoms. The second-order valence-electron chi connectivity index (χ2n) is 6.23. The minimum absolute atomic E-state index is 0.0974. The maximum atomic E-state index is 14.0. The predicted octanol–water partition coefficient (Wildman–Crippen LogP) is 4.53. The molecule has 0 aliphatic rings. The minimum Gasteiger partial charge on any atom is -0.418 e. The van der Waals surface area contributed by atoms with Crippen molar-refractivity contribution in [2.24, 2.45) is 0 Å². The molecule has 1 N–H and O–H groups in total. The van der Waals surface area contributed by atoms with Crippen LogP contribution < -0.4 is 5.32 Å². The van der Waals surface area contributed by atoms with Crippen LogP contribution in [0.5, 0.6) is 0 Å². The van der Waals surface area contributed by atoms with Crippen LogP contribution in [0.15, 0.2) is 83.3 Å². The van der Waals surface area contributed by atoms with Crippen molar-refractivity contribution in [3.8, 4) is 11.5 Å². The van der Waals surface area contributed by atoms with Crippen LogP contribution in [0.3, 0.4) is 0 Å². The van der Waals surface area contributed by atoms with E-state index in [2.05, 4.69) is 15.5 Å². The van der Waals surface area contributed by atoms with Crippen molar-refractivity contribution in [3.05, 3.63) is 108 Å². The first-order valence-corrected chi connectivity index (χ1v) is 8.82. The third-order valence-electron chi connectivity index (χ3n) is 4.31. The van der Waals surface area contributed by atoms with Crippen molar-refractivity contribution in [2.45, 2.75) is 6.04 Å². The van der Waals surface area contributed by atoms with Gasteiger partial charge in [-0.1, -0.05) is 54.6 Å². The molecule has 5 nitrogen and oxygen atoms in total. The lowest BCUT2D eigenvalue weighted by Crippen LogP contribution is -2.31. The van der Waals surface area contributed by atoms with E-state index in [1.165, 1.54) is 6.07 Å². The standard InChI is InChI=1S/C22H15F2N3O2/c23-16-12-7-13-17(24)18(16)20(28)25-19(14-8-3-1-4-9-14)22-27-26-21(29-22)15-10-5-2-6-11-15/h1-13,19H,(H,25,28). The molecule has 7 heteroatoms. The predicted molar refractivity (Wildman–Crippen MR) is 102 cm³/mol. The van der Waals surface area contributed by atoms with Gasteiger partial charge in [0.1, 0.15) is 23.2 Å². The summed E-state index contributed by atoms with van der Waals surface area (Å²) in [6, 6.07) is 20.3. The first kappa shape index (κ1) is 18.5. The van der Waals surface area contributed by atoms with E-state index in [4.69, 9.17) is 4.42 Å². The fourth-order valence-corrected chi connectivity index (χ4v) is 2.90. The third-order valence-corrected chi connectivity index (χ3v) is 4.31. The van der Waals surface area contributed by atoms with Crippen LogP contribution in [0.1, 0.15) is 27.9 Å². The largest absolute Gasteiger partial charge is 0.418 e. The van der Waals surface area contributed by atoms with Crippen molar-refractivity contribution < 1.29 is 18.0 Å². The summed E-state index contributed by atoms with van der Waals surface area (Å²) in [7, 11) is 0. The number of aromatic nitrogens is 2. The molecule has 0 aliphatic heterocycles. The number of benzene rings is 3. The quantitative estimate of drug-likeness (QED) is 0.543. The van der Waals surface area contributed by atoms with E-state index in [9.17, 15) is 13.6 Å². The van der Waals surface area contributed by atoms with Crippen molar-refractivity contribution in [1.29, 1.82) is 0 Å². The van der Waals surface area contributed by atoms with Gasteiger partial charge < -0.3 is 9.73 Å². The summed E-state index contributed by atoms with van der Waals surface area (Å²) in [4.78, 5) is 12.6. The molecule has 0 aliphatic carbocycles. The molecule has 0 radical (unpaired) electrons. The summed E-state index contributed by atoms with van der Waals surface area (Å²) in [5.74, 6) is -2.46. The molecule has 1 amide bonds. The van der Waals surface area contributed by atoms with E-state index < -0.39 is 29.1 Å². The molecule has 1 atom stereocenters. The van der Waals surface area contributed by atoms with E-state index in [1.807, 2.05) is 36.4 Å². The van der Waals surface area contributed by atoms with E-state index in [0.29, 0.717) is 11.1 Å². The number of amides is 1. The van der Waals surface area contributed by atoms with Crippen LogP contribution in [-0.2, 0) is 0 Å². The lowest BCUT2D eigenvalue weighted by atomic mass is 10.1. The van der Waals surface area contributed by atoms with Crippen LogP contribution in [0.25, 0.3) is 11.5 Å². The Balaban J connectivity index is 1.70. The maximum Gasteiger partial charge on any atom is 0.258 e. The topological polar surface area (TPSA) is 68.0 Å². The van der Waals surface area contributed by atoms with Gasteiger partial charge in [0.2, 0.25) is 11.8 Å². The summed E-state index contributed by atoms with van der Waals surface area (Å²) in [6.07, 6.45) is 0. The molecular formula is C22H15F2N3O2.